The van der Waals surface area contributed by atoms with Gasteiger partial charge in [0.2, 0.25) is 0 Å². The first-order chi connectivity index (χ1) is 9.33. The zero-order chi connectivity index (χ0) is 13.5. The SMILES string of the molecule is Br.COc1ccc(CNCc2cccnc2)c(OC)c1. The van der Waals surface area contributed by atoms with Crippen LogP contribution in [0, 0.1) is 0 Å². The molecule has 1 aromatic carbocycles. The van der Waals surface area contributed by atoms with E-state index in [1.807, 2.05) is 36.5 Å². The Morgan fingerprint density at radius 2 is 1.95 bits per heavy atom. The molecule has 1 heterocycles. The second kappa shape index (κ2) is 8.55. The molecule has 108 valence electrons. The Kier molecular flexibility index (Phi) is 7.04. The number of hydrogen-bond donors (Lipinski definition) is 1. The highest BCUT2D eigenvalue weighted by Gasteiger charge is 2.04. The van der Waals surface area contributed by atoms with E-state index in [-0.39, 0.29) is 17.0 Å². The topological polar surface area (TPSA) is 43.4 Å². The minimum Gasteiger partial charge on any atom is -0.497 e. The van der Waals surface area contributed by atoms with Crippen molar-refractivity contribution in [1.82, 2.24) is 10.3 Å². The fourth-order valence-corrected chi connectivity index (χ4v) is 1.84. The van der Waals surface area contributed by atoms with Crippen molar-refractivity contribution in [2.45, 2.75) is 13.1 Å². The molecule has 0 radical (unpaired) electrons. The van der Waals surface area contributed by atoms with Crippen LogP contribution in [0.2, 0.25) is 0 Å². The third-order valence-corrected chi connectivity index (χ3v) is 2.86. The number of aromatic nitrogens is 1. The summed E-state index contributed by atoms with van der Waals surface area (Å²) in [4.78, 5) is 4.09. The van der Waals surface area contributed by atoms with Gasteiger partial charge in [-0.25, -0.2) is 0 Å². The van der Waals surface area contributed by atoms with Gasteiger partial charge in [0.05, 0.1) is 14.2 Å². The van der Waals surface area contributed by atoms with Crippen LogP contribution in [-0.2, 0) is 13.1 Å². The van der Waals surface area contributed by atoms with Crippen molar-refractivity contribution in [1.29, 1.82) is 0 Å². The lowest BCUT2D eigenvalue weighted by atomic mass is 10.2. The second-order valence-electron chi connectivity index (χ2n) is 4.14. The minimum absolute atomic E-state index is 0. The van der Waals surface area contributed by atoms with Gasteiger partial charge in [-0.15, -0.1) is 17.0 Å². The van der Waals surface area contributed by atoms with Crippen LogP contribution in [0.5, 0.6) is 11.5 Å². The maximum absolute atomic E-state index is 5.36. The van der Waals surface area contributed by atoms with Gasteiger partial charge in [-0.05, 0) is 17.7 Å². The molecule has 0 fully saturated rings. The molecule has 1 aromatic heterocycles. The molecular weight excluding hydrogens is 320 g/mol. The van der Waals surface area contributed by atoms with E-state index < -0.39 is 0 Å². The summed E-state index contributed by atoms with van der Waals surface area (Å²) < 4.78 is 10.5. The fraction of sp³-hybridized carbons (Fsp3) is 0.267. The van der Waals surface area contributed by atoms with Crippen molar-refractivity contribution in [3.05, 3.63) is 53.9 Å². The molecule has 5 heteroatoms. The van der Waals surface area contributed by atoms with Crippen LogP contribution in [0.3, 0.4) is 0 Å². The molecule has 4 nitrogen and oxygen atoms in total. The largest absolute Gasteiger partial charge is 0.497 e. The number of hydrogen-bond acceptors (Lipinski definition) is 4. The van der Waals surface area contributed by atoms with E-state index in [0.29, 0.717) is 0 Å². The van der Waals surface area contributed by atoms with Gasteiger partial charge in [-0.2, -0.15) is 0 Å². The Morgan fingerprint density at radius 1 is 1.10 bits per heavy atom. The highest BCUT2D eigenvalue weighted by atomic mass is 79.9. The highest BCUT2D eigenvalue weighted by molar-refractivity contribution is 8.93. The molecule has 0 bridgehead atoms. The van der Waals surface area contributed by atoms with Crippen molar-refractivity contribution in [3.8, 4) is 11.5 Å². The summed E-state index contributed by atoms with van der Waals surface area (Å²) in [6.07, 6.45) is 3.63. The molecule has 2 rings (SSSR count). The summed E-state index contributed by atoms with van der Waals surface area (Å²) in [5.41, 5.74) is 2.27. The Balaban J connectivity index is 0.00000200. The number of nitrogens with one attached hydrogen (secondary N) is 1. The third kappa shape index (κ3) is 4.51. The first-order valence-electron chi connectivity index (χ1n) is 6.14. The summed E-state index contributed by atoms with van der Waals surface area (Å²) in [5.74, 6) is 1.63. The molecule has 0 aliphatic heterocycles. The predicted molar refractivity (Wildman–Crippen MR) is 84.6 cm³/mol. The van der Waals surface area contributed by atoms with Gasteiger partial charge < -0.3 is 14.8 Å². The molecule has 0 spiro atoms. The summed E-state index contributed by atoms with van der Waals surface area (Å²) in [6.45, 7) is 1.52. The number of halogens is 1. The maximum atomic E-state index is 5.36. The monoisotopic (exact) mass is 338 g/mol. The van der Waals surface area contributed by atoms with Crippen LogP contribution in [0.15, 0.2) is 42.7 Å². The van der Waals surface area contributed by atoms with E-state index in [0.717, 1.165) is 35.7 Å². The Bertz CT molecular complexity index is 521. The van der Waals surface area contributed by atoms with Gasteiger partial charge in [0.15, 0.2) is 0 Å². The number of benzene rings is 1. The van der Waals surface area contributed by atoms with E-state index in [9.17, 15) is 0 Å². The maximum Gasteiger partial charge on any atom is 0.127 e. The number of pyridine rings is 1. The molecule has 0 atom stereocenters. The van der Waals surface area contributed by atoms with Crippen LogP contribution in [0.4, 0.5) is 0 Å². The Hall–Kier alpha value is -1.59. The first-order valence-corrected chi connectivity index (χ1v) is 6.14. The van der Waals surface area contributed by atoms with Crippen molar-refractivity contribution < 1.29 is 9.47 Å². The number of nitrogens with zero attached hydrogens (tertiary/aromatic N) is 1. The average molecular weight is 339 g/mol. The highest BCUT2D eigenvalue weighted by Crippen LogP contribution is 2.24. The third-order valence-electron chi connectivity index (χ3n) is 2.86. The lowest BCUT2D eigenvalue weighted by Gasteiger charge is -2.11. The van der Waals surface area contributed by atoms with E-state index >= 15 is 0 Å². The number of ether oxygens (including phenoxy) is 2. The van der Waals surface area contributed by atoms with Crippen molar-refractivity contribution in [3.63, 3.8) is 0 Å². The van der Waals surface area contributed by atoms with Gasteiger partial charge in [0.25, 0.3) is 0 Å². The average Bonchev–Trinajstić information content (AvgIpc) is 2.48. The van der Waals surface area contributed by atoms with Crippen LogP contribution in [-0.4, -0.2) is 19.2 Å². The van der Waals surface area contributed by atoms with Gasteiger partial charge in [0, 0.05) is 37.1 Å². The summed E-state index contributed by atoms with van der Waals surface area (Å²) in [5, 5.41) is 3.37. The number of rotatable bonds is 6. The van der Waals surface area contributed by atoms with Gasteiger partial charge >= 0.3 is 0 Å². The second-order valence-corrected chi connectivity index (χ2v) is 4.14. The van der Waals surface area contributed by atoms with Crippen LogP contribution in [0.25, 0.3) is 0 Å². The Morgan fingerprint density at radius 3 is 2.60 bits per heavy atom. The lowest BCUT2D eigenvalue weighted by Crippen LogP contribution is -2.13. The smallest absolute Gasteiger partial charge is 0.127 e. The van der Waals surface area contributed by atoms with Gasteiger partial charge in [-0.1, -0.05) is 12.1 Å². The van der Waals surface area contributed by atoms with E-state index in [4.69, 9.17) is 9.47 Å². The van der Waals surface area contributed by atoms with Crippen molar-refractivity contribution in [2.75, 3.05) is 14.2 Å². The standard InChI is InChI=1S/C15H18N2O2.BrH/c1-18-14-6-5-13(15(8-14)19-2)11-17-10-12-4-3-7-16-9-12;/h3-9,17H,10-11H2,1-2H3;1H. The molecule has 0 amide bonds. The quantitative estimate of drug-likeness (QED) is 0.879. The van der Waals surface area contributed by atoms with E-state index in [1.165, 1.54) is 0 Å². The van der Waals surface area contributed by atoms with Gasteiger partial charge in [0.1, 0.15) is 11.5 Å². The first kappa shape index (κ1) is 16.5. The Labute approximate surface area is 129 Å². The lowest BCUT2D eigenvalue weighted by molar-refractivity contribution is 0.390. The zero-order valence-corrected chi connectivity index (χ0v) is 13.3. The van der Waals surface area contributed by atoms with Crippen molar-refractivity contribution >= 4 is 17.0 Å². The van der Waals surface area contributed by atoms with E-state index in [1.54, 1.807) is 20.4 Å². The molecular formula is C15H19BrN2O2. The molecule has 0 saturated heterocycles. The fourth-order valence-electron chi connectivity index (χ4n) is 1.84. The van der Waals surface area contributed by atoms with Crippen LogP contribution >= 0.6 is 17.0 Å². The zero-order valence-electron chi connectivity index (χ0n) is 11.6. The van der Waals surface area contributed by atoms with E-state index in [2.05, 4.69) is 10.3 Å². The molecule has 0 saturated carbocycles. The molecule has 0 aliphatic carbocycles. The molecule has 2 aromatic rings. The number of methoxy groups -OCH3 is 2. The molecule has 20 heavy (non-hydrogen) atoms. The summed E-state index contributed by atoms with van der Waals surface area (Å²) in [6, 6.07) is 9.81. The summed E-state index contributed by atoms with van der Waals surface area (Å²) in [7, 11) is 3.31. The predicted octanol–water partition coefficient (Wildman–Crippen LogP) is 2.97. The van der Waals surface area contributed by atoms with Gasteiger partial charge in [-0.3, -0.25) is 4.98 Å². The molecule has 0 aliphatic rings. The molecule has 0 unspecified atom stereocenters. The van der Waals surface area contributed by atoms with Crippen LogP contribution in [0.1, 0.15) is 11.1 Å². The van der Waals surface area contributed by atoms with Crippen LogP contribution < -0.4 is 14.8 Å². The summed E-state index contributed by atoms with van der Waals surface area (Å²) >= 11 is 0. The molecule has 1 N–H and O–H groups in total. The van der Waals surface area contributed by atoms with Crippen molar-refractivity contribution in [2.24, 2.45) is 0 Å². The normalized spacial score (nSPS) is 9.70. The minimum atomic E-state index is 0.